The monoisotopic (exact) mass is 385 g/mol. The number of hydrogen-bond acceptors (Lipinski definition) is 6. The number of cyclic esters (lactones) is 1. The van der Waals surface area contributed by atoms with E-state index in [0.717, 1.165) is 10.5 Å². The topological polar surface area (TPSA) is 85.3 Å². The summed E-state index contributed by atoms with van der Waals surface area (Å²) in [6.07, 6.45) is -0.211. The third kappa shape index (κ3) is 4.09. The minimum absolute atomic E-state index is 0.124. The molecule has 2 amide bonds. The van der Waals surface area contributed by atoms with Crippen LogP contribution in [0.1, 0.15) is 17.0 Å². The number of ether oxygens (including phenoxy) is 3. The molecule has 3 rings (SSSR count). The molecule has 2 atom stereocenters. The quantitative estimate of drug-likeness (QED) is 0.788. The molecular weight excluding hydrogens is 362 g/mol. The van der Waals surface area contributed by atoms with Crippen LogP contribution in [-0.4, -0.2) is 55.5 Å². The Balaban J connectivity index is 1.87. The molecule has 1 aliphatic rings. The summed E-state index contributed by atoms with van der Waals surface area (Å²) in [4.78, 5) is 26.5. The van der Waals surface area contributed by atoms with Gasteiger partial charge in [-0.1, -0.05) is 30.3 Å². The average Bonchev–Trinajstić information content (AvgIpc) is 3.08. The lowest BCUT2D eigenvalue weighted by Gasteiger charge is -2.24. The summed E-state index contributed by atoms with van der Waals surface area (Å²) in [7, 11) is 3.00. The van der Waals surface area contributed by atoms with E-state index < -0.39 is 30.6 Å². The second-order valence-electron chi connectivity index (χ2n) is 6.51. The molecular formula is C21H23NO6. The number of hydrogen-bond donors (Lipinski definition) is 1. The maximum Gasteiger partial charge on any atom is 0.417 e. The lowest BCUT2D eigenvalue weighted by molar-refractivity contribution is -0.131. The van der Waals surface area contributed by atoms with Crippen LogP contribution in [-0.2, 0) is 16.0 Å². The van der Waals surface area contributed by atoms with Crippen molar-refractivity contribution in [1.82, 2.24) is 4.90 Å². The summed E-state index contributed by atoms with van der Waals surface area (Å²) in [5, 5.41) is 9.92. The number of aliphatic hydroxyl groups is 1. The van der Waals surface area contributed by atoms with E-state index in [0.29, 0.717) is 23.5 Å². The van der Waals surface area contributed by atoms with Crippen molar-refractivity contribution in [3.63, 3.8) is 0 Å². The maximum absolute atomic E-state index is 13.2. The summed E-state index contributed by atoms with van der Waals surface area (Å²) in [5.41, 5.74) is 1.49. The molecule has 0 spiro atoms. The number of amides is 2. The van der Waals surface area contributed by atoms with Crippen molar-refractivity contribution in [2.24, 2.45) is 0 Å². The normalized spacial score (nSPS) is 17.2. The Labute approximate surface area is 163 Å². The van der Waals surface area contributed by atoms with Gasteiger partial charge in [-0.15, -0.1) is 0 Å². The molecule has 0 aliphatic carbocycles. The van der Waals surface area contributed by atoms with Gasteiger partial charge in [0.25, 0.3) is 0 Å². The zero-order valence-electron chi connectivity index (χ0n) is 15.8. The molecule has 0 saturated carbocycles. The highest BCUT2D eigenvalue weighted by Gasteiger charge is 2.41. The number of nitrogens with zero attached hydrogens (tertiary/aromatic N) is 1. The second-order valence-corrected chi connectivity index (χ2v) is 6.51. The summed E-state index contributed by atoms with van der Waals surface area (Å²) in [5.74, 6) is -0.468. The number of methoxy groups -OCH3 is 2. The van der Waals surface area contributed by atoms with Gasteiger partial charge in [-0.2, -0.15) is 0 Å². The molecule has 7 nitrogen and oxygen atoms in total. The molecule has 1 N–H and O–H groups in total. The Kier molecular flexibility index (Phi) is 6.16. The van der Waals surface area contributed by atoms with Crippen LogP contribution in [0.4, 0.5) is 4.79 Å². The first-order chi connectivity index (χ1) is 13.6. The van der Waals surface area contributed by atoms with E-state index in [9.17, 15) is 14.7 Å². The number of carbonyl (C=O) groups is 2. The average molecular weight is 385 g/mol. The van der Waals surface area contributed by atoms with Gasteiger partial charge in [-0.25, -0.2) is 9.69 Å². The Morgan fingerprint density at radius 2 is 1.82 bits per heavy atom. The van der Waals surface area contributed by atoms with Crippen molar-refractivity contribution < 1.29 is 28.9 Å². The molecule has 1 saturated heterocycles. The second kappa shape index (κ2) is 8.75. The van der Waals surface area contributed by atoms with Crippen LogP contribution < -0.4 is 9.47 Å². The number of imide groups is 1. The lowest BCUT2D eigenvalue weighted by atomic mass is 9.96. The van der Waals surface area contributed by atoms with Crippen LogP contribution in [0.2, 0.25) is 0 Å². The van der Waals surface area contributed by atoms with Crippen LogP contribution in [0.5, 0.6) is 11.5 Å². The largest absolute Gasteiger partial charge is 0.497 e. The molecule has 1 aliphatic heterocycles. The van der Waals surface area contributed by atoms with Gasteiger partial charge in [0, 0.05) is 6.07 Å². The Morgan fingerprint density at radius 3 is 2.39 bits per heavy atom. The SMILES string of the molecule is COc1cc(OC)cc([C@H](CO)C(=O)N2C(=O)OC[C@@H]2Cc2ccccc2)c1. The van der Waals surface area contributed by atoms with Crippen LogP contribution in [0, 0.1) is 0 Å². The third-order valence-electron chi connectivity index (χ3n) is 4.77. The zero-order chi connectivity index (χ0) is 20.1. The van der Waals surface area contributed by atoms with Crippen molar-refractivity contribution in [1.29, 1.82) is 0 Å². The van der Waals surface area contributed by atoms with Crippen LogP contribution in [0.15, 0.2) is 48.5 Å². The van der Waals surface area contributed by atoms with E-state index in [1.165, 1.54) is 14.2 Å². The highest BCUT2D eigenvalue weighted by Crippen LogP contribution is 2.30. The van der Waals surface area contributed by atoms with Crippen LogP contribution in [0.25, 0.3) is 0 Å². The van der Waals surface area contributed by atoms with Crippen molar-refractivity contribution in [3.8, 4) is 11.5 Å². The molecule has 0 aromatic heterocycles. The molecule has 1 fully saturated rings. The van der Waals surface area contributed by atoms with E-state index >= 15 is 0 Å². The van der Waals surface area contributed by atoms with E-state index in [1.807, 2.05) is 30.3 Å². The first-order valence-corrected chi connectivity index (χ1v) is 8.95. The molecule has 0 bridgehead atoms. The van der Waals surface area contributed by atoms with Gasteiger partial charge in [0.2, 0.25) is 5.91 Å². The van der Waals surface area contributed by atoms with Crippen LogP contribution >= 0.6 is 0 Å². The van der Waals surface area contributed by atoms with Gasteiger partial charge >= 0.3 is 6.09 Å². The predicted molar refractivity (Wildman–Crippen MR) is 102 cm³/mol. The third-order valence-corrected chi connectivity index (χ3v) is 4.77. The highest BCUT2D eigenvalue weighted by molar-refractivity contribution is 5.97. The number of benzene rings is 2. The van der Waals surface area contributed by atoms with Crippen LogP contribution in [0.3, 0.4) is 0 Å². The van der Waals surface area contributed by atoms with Gasteiger partial charge in [0.1, 0.15) is 18.1 Å². The molecule has 1 heterocycles. The van der Waals surface area contributed by atoms with Gasteiger partial charge in [-0.3, -0.25) is 4.79 Å². The Hall–Kier alpha value is -3.06. The lowest BCUT2D eigenvalue weighted by Crippen LogP contribution is -2.43. The molecule has 28 heavy (non-hydrogen) atoms. The van der Waals surface area contributed by atoms with Gasteiger partial charge in [0.05, 0.1) is 32.8 Å². The first-order valence-electron chi connectivity index (χ1n) is 8.95. The Bertz CT molecular complexity index is 816. The molecule has 0 radical (unpaired) electrons. The number of rotatable bonds is 7. The fraction of sp³-hybridized carbons (Fsp3) is 0.333. The molecule has 2 aromatic carbocycles. The first kappa shape index (κ1) is 19.7. The summed E-state index contributed by atoms with van der Waals surface area (Å²) in [6.45, 7) is -0.337. The smallest absolute Gasteiger partial charge is 0.417 e. The standard InChI is InChI=1S/C21H23NO6/c1-26-17-9-15(10-18(11-17)27-2)19(12-23)20(24)22-16(13-28-21(22)25)8-14-6-4-3-5-7-14/h3-7,9-11,16,19,23H,8,12-13H2,1-2H3/t16-,19-/m0/s1. The van der Waals surface area contributed by atoms with E-state index in [4.69, 9.17) is 14.2 Å². The maximum atomic E-state index is 13.2. The molecule has 0 unspecified atom stereocenters. The summed E-state index contributed by atoms with van der Waals surface area (Å²) >= 11 is 0. The number of aliphatic hydroxyl groups excluding tert-OH is 1. The van der Waals surface area contributed by atoms with E-state index in [2.05, 4.69) is 0 Å². The molecule has 148 valence electrons. The molecule has 2 aromatic rings. The van der Waals surface area contributed by atoms with Crippen molar-refractivity contribution >= 4 is 12.0 Å². The minimum atomic E-state index is -0.937. The summed E-state index contributed by atoms with van der Waals surface area (Å²) in [6, 6.07) is 14.1. The van der Waals surface area contributed by atoms with Crippen molar-refractivity contribution in [2.75, 3.05) is 27.4 Å². The molecule has 7 heteroatoms. The fourth-order valence-electron chi connectivity index (χ4n) is 3.29. The van der Waals surface area contributed by atoms with Gasteiger partial charge in [0.15, 0.2) is 0 Å². The predicted octanol–water partition coefficient (Wildman–Crippen LogP) is 2.37. The van der Waals surface area contributed by atoms with Gasteiger partial charge in [-0.05, 0) is 29.7 Å². The van der Waals surface area contributed by atoms with E-state index in [-0.39, 0.29) is 6.61 Å². The van der Waals surface area contributed by atoms with Gasteiger partial charge < -0.3 is 19.3 Å². The Morgan fingerprint density at radius 1 is 1.18 bits per heavy atom. The highest BCUT2D eigenvalue weighted by atomic mass is 16.6. The number of carbonyl (C=O) groups excluding carboxylic acids is 2. The van der Waals surface area contributed by atoms with Crippen molar-refractivity contribution in [2.45, 2.75) is 18.4 Å². The minimum Gasteiger partial charge on any atom is -0.497 e. The zero-order valence-corrected chi connectivity index (χ0v) is 15.8. The summed E-state index contributed by atoms with van der Waals surface area (Å²) < 4.78 is 15.6. The van der Waals surface area contributed by atoms with E-state index in [1.54, 1.807) is 18.2 Å². The fourth-order valence-corrected chi connectivity index (χ4v) is 3.29. The van der Waals surface area contributed by atoms with Crippen molar-refractivity contribution in [3.05, 3.63) is 59.7 Å².